The molecule has 140 valence electrons. The van der Waals surface area contributed by atoms with Gasteiger partial charge in [-0.1, -0.05) is 17.7 Å². The lowest BCUT2D eigenvalue weighted by atomic mass is 10.2. The molecule has 1 amide bonds. The summed E-state index contributed by atoms with van der Waals surface area (Å²) >= 11 is 6.04. The number of amides is 1. The Morgan fingerprint density at radius 2 is 2.04 bits per heavy atom. The van der Waals surface area contributed by atoms with E-state index < -0.39 is 26.8 Å². The number of halogens is 2. The van der Waals surface area contributed by atoms with Crippen molar-refractivity contribution >= 4 is 27.3 Å². The van der Waals surface area contributed by atoms with Crippen molar-refractivity contribution in [3.05, 3.63) is 52.4 Å². The zero-order chi connectivity index (χ0) is 19.5. The SMILES string of the molecule is COc1ccc(CNC(=O)c2c(Cl)ccnc2S(=O)(=O)C(C)C)cc1F. The number of nitrogens with one attached hydrogen (secondary N) is 1. The normalized spacial score (nSPS) is 11.5. The number of benzene rings is 1. The highest BCUT2D eigenvalue weighted by Gasteiger charge is 2.29. The van der Waals surface area contributed by atoms with Gasteiger partial charge in [-0.25, -0.2) is 17.8 Å². The van der Waals surface area contributed by atoms with Crippen LogP contribution >= 0.6 is 11.6 Å². The van der Waals surface area contributed by atoms with E-state index in [1.807, 2.05) is 0 Å². The van der Waals surface area contributed by atoms with Crippen molar-refractivity contribution in [3.8, 4) is 5.75 Å². The Morgan fingerprint density at radius 3 is 2.62 bits per heavy atom. The third kappa shape index (κ3) is 4.13. The van der Waals surface area contributed by atoms with Gasteiger partial charge in [0.05, 0.1) is 22.9 Å². The Morgan fingerprint density at radius 1 is 1.35 bits per heavy atom. The molecule has 1 N–H and O–H groups in total. The van der Waals surface area contributed by atoms with Crippen molar-refractivity contribution in [2.24, 2.45) is 0 Å². The van der Waals surface area contributed by atoms with Crippen molar-refractivity contribution in [1.82, 2.24) is 10.3 Å². The topological polar surface area (TPSA) is 85.4 Å². The number of ether oxygens (including phenoxy) is 1. The second kappa shape index (κ2) is 8.01. The monoisotopic (exact) mass is 400 g/mol. The van der Waals surface area contributed by atoms with E-state index in [1.165, 1.54) is 45.4 Å². The Kier molecular flexibility index (Phi) is 6.20. The summed E-state index contributed by atoms with van der Waals surface area (Å²) in [4.78, 5) is 16.4. The minimum Gasteiger partial charge on any atom is -0.494 e. The minimum atomic E-state index is -3.81. The van der Waals surface area contributed by atoms with E-state index in [1.54, 1.807) is 6.07 Å². The number of hydrogen-bond donors (Lipinski definition) is 1. The summed E-state index contributed by atoms with van der Waals surface area (Å²) in [5.74, 6) is -1.19. The highest BCUT2D eigenvalue weighted by atomic mass is 35.5. The first-order chi connectivity index (χ1) is 12.2. The van der Waals surface area contributed by atoms with Gasteiger partial charge in [0.25, 0.3) is 5.91 Å². The van der Waals surface area contributed by atoms with Gasteiger partial charge in [0.15, 0.2) is 26.4 Å². The van der Waals surface area contributed by atoms with Crippen molar-refractivity contribution < 1.29 is 22.3 Å². The number of hydrogen-bond acceptors (Lipinski definition) is 5. The molecule has 0 radical (unpaired) electrons. The molecule has 0 aliphatic heterocycles. The summed E-state index contributed by atoms with van der Waals surface area (Å²) in [5.41, 5.74) is 0.252. The number of carbonyl (C=O) groups is 1. The van der Waals surface area contributed by atoms with Crippen LogP contribution < -0.4 is 10.1 Å². The van der Waals surface area contributed by atoms with Gasteiger partial charge >= 0.3 is 0 Å². The molecule has 9 heteroatoms. The van der Waals surface area contributed by atoms with Gasteiger partial charge in [-0.3, -0.25) is 4.79 Å². The molecule has 0 atom stereocenters. The number of aromatic nitrogens is 1. The van der Waals surface area contributed by atoms with Crippen molar-refractivity contribution in [3.63, 3.8) is 0 Å². The molecule has 0 fully saturated rings. The zero-order valence-corrected chi connectivity index (χ0v) is 16.0. The molecule has 0 bridgehead atoms. The van der Waals surface area contributed by atoms with E-state index in [2.05, 4.69) is 10.3 Å². The Labute approximate surface area is 156 Å². The van der Waals surface area contributed by atoms with Crippen LogP contribution in [0.2, 0.25) is 5.02 Å². The van der Waals surface area contributed by atoms with Gasteiger partial charge in [-0.15, -0.1) is 0 Å². The van der Waals surface area contributed by atoms with Crippen LogP contribution in [0.3, 0.4) is 0 Å². The Hall–Kier alpha value is -2.19. The van der Waals surface area contributed by atoms with E-state index in [-0.39, 0.29) is 27.9 Å². The molecule has 0 saturated carbocycles. The van der Waals surface area contributed by atoms with Crippen LogP contribution in [0.4, 0.5) is 4.39 Å². The molecule has 1 heterocycles. The predicted molar refractivity (Wildman–Crippen MR) is 95.7 cm³/mol. The third-order valence-corrected chi connectivity index (χ3v) is 6.06. The fourth-order valence-corrected chi connectivity index (χ4v) is 3.58. The van der Waals surface area contributed by atoms with Gasteiger partial charge in [-0.05, 0) is 37.6 Å². The fraction of sp³-hybridized carbons (Fsp3) is 0.294. The van der Waals surface area contributed by atoms with Crippen LogP contribution in [-0.2, 0) is 16.4 Å². The molecule has 0 aliphatic carbocycles. The Balaban J connectivity index is 2.29. The van der Waals surface area contributed by atoms with Crippen LogP contribution in [0.25, 0.3) is 0 Å². The molecule has 26 heavy (non-hydrogen) atoms. The predicted octanol–water partition coefficient (Wildman–Crippen LogP) is 2.99. The highest BCUT2D eigenvalue weighted by molar-refractivity contribution is 7.92. The van der Waals surface area contributed by atoms with Gasteiger partial charge in [0.1, 0.15) is 0 Å². The van der Waals surface area contributed by atoms with E-state index in [0.717, 1.165) is 0 Å². The molecule has 6 nitrogen and oxygen atoms in total. The smallest absolute Gasteiger partial charge is 0.256 e. The van der Waals surface area contributed by atoms with Crippen molar-refractivity contribution in [2.75, 3.05) is 7.11 Å². The first-order valence-corrected chi connectivity index (χ1v) is 9.60. The summed E-state index contributed by atoms with van der Waals surface area (Å²) < 4.78 is 43.4. The number of sulfone groups is 1. The molecule has 0 saturated heterocycles. The fourth-order valence-electron chi connectivity index (χ4n) is 2.16. The van der Waals surface area contributed by atoms with Crippen molar-refractivity contribution in [1.29, 1.82) is 0 Å². The van der Waals surface area contributed by atoms with Crippen LogP contribution in [0.5, 0.6) is 5.75 Å². The van der Waals surface area contributed by atoms with Crippen LogP contribution in [0.1, 0.15) is 29.8 Å². The third-order valence-electron chi connectivity index (χ3n) is 3.65. The van der Waals surface area contributed by atoms with Crippen LogP contribution in [0.15, 0.2) is 35.5 Å². The molecular formula is C17H18ClFN2O4S. The average Bonchev–Trinajstić information content (AvgIpc) is 2.59. The zero-order valence-electron chi connectivity index (χ0n) is 14.4. The quantitative estimate of drug-likeness (QED) is 0.805. The summed E-state index contributed by atoms with van der Waals surface area (Å²) in [7, 11) is -2.46. The van der Waals surface area contributed by atoms with E-state index in [4.69, 9.17) is 16.3 Å². The van der Waals surface area contributed by atoms with Gasteiger partial charge in [0, 0.05) is 12.7 Å². The minimum absolute atomic E-state index is 0.0217. The molecule has 1 aromatic carbocycles. The summed E-state index contributed by atoms with van der Waals surface area (Å²) in [5, 5.41) is 1.36. The van der Waals surface area contributed by atoms with Gasteiger partial charge in [-0.2, -0.15) is 0 Å². The maximum Gasteiger partial charge on any atom is 0.256 e. The summed E-state index contributed by atoms with van der Waals surface area (Å²) in [6, 6.07) is 5.57. The second-order valence-electron chi connectivity index (χ2n) is 5.72. The van der Waals surface area contributed by atoms with Crippen LogP contribution in [0, 0.1) is 5.82 Å². The summed E-state index contributed by atoms with van der Waals surface area (Å²) in [6.07, 6.45) is 1.23. The lowest BCUT2D eigenvalue weighted by molar-refractivity contribution is 0.0947. The largest absolute Gasteiger partial charge is 0.494 e. The second-order valence-corrected chi connectivity index (χ2v) is 8.54. The van der Waals surface area contributed by atoms with E-state index >= 15 is 0 Å². The molecule has 0 unspecified atom stereocenters. The Bertz CT molecular complexity index is 932. The lowest BCUT2D eigenvalue weighted by Gasteiger charge is -2.13. The maximum absolute atomic E-state index is 13.7. The molecule has 0 spiro atoms. The standard InChI is InChI=1S/C17H18ClFN2O4S/c1-10(2)26(23,24)17-15(12(18)6-7-20-17)16(22)21-9-11-4-5-14(25-3)13(19)8-11/h4-8,10H,9H2,1-3H3,(H,21,22). The first kappa shape index (κ1) is 20.1. The highest BCUT2D eigenvalue weighted by Crippen LogP contribution is 2.25. The summed E-state index contributed by atoms with van der Waals surface area (Å²) in [6.45, 7) is 2.95. The number of rotatable bonds is 6. The number of carbonyl (C=O) groups excluding carboxylic acids is 1. The first-order valence-electron chi connectivity index (χ1n) is 7.67. The molecule has 2 aromatic rings. The lowest BCUT2D eigenvalue weighted by Crippen LogP contribution is -2.27. The van der Waals surface area contributed by atoms with Gasteiger partial charge < -0.3 is 10.1 Å². The van der Waals surface area contributed by atoms with E-state index in [0.29, 0.717) is 5.56 Å². The van der Waals surface area contributed by atoms with Crippen molar-refractivity contribution in [2.45, 2.75) is 30.7 Å². The molecule has 2 rings (SSSR count). The molecule has 0 aliphatic rings. The van der Waals surface area contributed by atoms with Crippen LogP contribution in [-0.4, -0.2) is 31.7 Å². The number of methoxy groups -OCH3 is 1. The number of pyridine rings is 1. The number of nitrogens with zero attached hydrogens (tertiary/aromatic N) is 1. The molecule has 1 aromatic heterocycles. The van der Waals surface area contributed by atoms with E-state index in [9.17, 15) is 17.6 Å². The van der Waals surface area contributed by atoms with Gasteiger partial charge in [0.2, 0.25) is 0 Å². The molecular weight excluding hydrogens is 383 g/mol. The maximum atomic E-state index is 13.7. The average molecular weight is 401 g/mol.